The quantitative estimate of drug-likeness (QED) is 0.451. The molecule has 0 bridgehead atoms. The van der Waals surface area contributed by atoms with Crippen LogP contribution < -0.4 is 5.32 Å². The Hall–Kier alpha value is -0.990. The largest absolute Gasteiger partial charge is 0.310 e. The van der Waals surface area contributed by atoms with E-state index in [1.54, 1.807) is 0 Å². The Morgan fingerprint density at radius 1 is 1.80 bits per heavy atom. The maximum absolute atomic E-state index is 8.60. The molecule has 2 heteroatoms. The number of rotatable bonds is 3. The smallest absolute Gasteiger partial charge is 0.0673 e. The minimum absolute atomic E-state index is 0.135. The highest BCUT2D eigenvalue weighted by atomic mass is 15.1. The van der Waals surface area contributed by atoms with E-state index in [9.17, 15) is 0 Å². The summed E-state index contributed by atoms with van der Waals surface area (Å²) in [6.07, 6.45) is 6.63. The third-order valence-corrected chi connectivity index (χ3v) is 1.69. The summed E-state index contributed by atoms with van der Waals surface area (Å²) in [6, 6.07) is 2.67. The minimum Gasteiger partial charge on any atom is -0.310 e. The Balaban J connectivity index is 2.22. The van der Waals surface area contributed by atoms with Crippen LogP contribution in [0.25, 0.3) is 0 Å². The van der Waals surface area contributed by atoms with Gasteiger partial charge in [0.2, 0.25) is 0 Å². The second-order valence-corrected chi connectivity index (χ2v) is 2.49. The van der Waals surface area contributed by atoms with Gasteiger partial charge in [0.25, 0.3) is 0 Å². The second kappa shape index (κ2) is 3.25. The summed E-state index contributed by atoms with van der Waals surface area (Å²) >= 11 is 0. The van der Waals surface area contributed by atoms with Crippen molar-refractivity contribution < 1.29 is 0 Å². The fourth-order valence-electron chi connectivity index (χ4n) is 0.947. The molecule has 1 fully saturated rings. The first kappa shape index (κ1) is 7.12. The van der Waals surface area contributed by atoms with Crippen molar-refractivity contribution in [3.8, 4) is 18.4 Å². The van der Waals surface area contributed by atoms with Gasteiger partial charge in [-0.25, -0.2) is 0 Å². The van der Waals surface area contributed by atoms with Gasteiger partial charge in [-0.05, 0) is 6.42 Å². The van der Waals surface area contributed by atoms with Crippen molar-refractivity contribution in [1.29, 1.82) is 5.26 Å². The van der Waals surface area contributed by atoms with E-state index in [2.05, 4.69) is 17.3 Å². The molecule has 10 heavy (non-hydrogen) atoms. The summed E-state index contributed by atoms with van der Waals surface area (Å²) in [5, 5.41) is 11.7. The number of nitriles is 1. The molecule has 0 saturated carbocycles. The Labute approximate surface area is 61.2 Å². The lowest BCUT2D eigenvalue weighted by atomic mass is 10.0. The van der Waals surface area contributed by atoms with E-state index in [4.69, 9.17) is 11.7 Å². The van der Waals surface area contributed by atoms with E-state index >= 15 is 0 Å². The highest BCUT2D eigenvalue weighted by Crippen LogP contribution is 2.16. The molecule has 0 radical (unpaired) electrons. The Morgan fingerprint density at radius 2 is 2.50 bits per heavy atom. The van der Waals surface area contributed by atoms with Crippen molar-refractivity contribution in [2.24, 2.45) is 5.92 Å². The van der Waals surface area contributed by atoms with Gasteiger partial charge in [-0.15, -0.1) is 12.3 Å². The number of hydrogen-bond donors (Lipinski definition) is 1. The average molecular weight is 134 g/mol. The van der Waals surface area contributed by atoms with Crippen molar-refractivity contribution >= 4 is 0 Å². The molecule has 1 heterocycles. The number of nitrogens with zero attached hydrogens (tertiary/aromatic N) is 1. The molecule has 1 N–H and O–H groups in total. The maximum atomic E-state index is 8.60. The van der Waals surface area contributed by atoms with E-state index in [0.717, 1.165) is 19.4 Å². The summed E-state index contributed by atoms with van der Waals surface area (Å²) in [5.74, 6) is 2.67. The first-order valence-electron chi connectivity index (χ1n) is 3.45. The molecule has 0 aromatic carbocycles. The van der Waals surface area contributed by atoms with Gasteiger partial charge in [-0.2, -0.15) is 5.26 Å². The van der Waals surface area contributed by atoms with E-state index in [0.29, 0.717) is 6.04 Å². The van der Waals surface area contributed by atoms with Crippen LogP contribution >= 0.6 is 0 Å². The molecular formula is C8H10N2. The lowest BCUT2D eigenvalue weighted by Gasteiger charge is -2.00. The molecule has 1 aliphatic rings. The fourth-order valence-corrected chi connectivity index (χ4v) is 0.947. The van der Waals surface area contributed by atoms with Gasteiger partial charge in [-0.1, -0.05) is 0 Å². The second-order valence-electron chi connectivity index (χ2n) is 2.49. The van der Waals surface area contributed by atoms with Crippen molar-refractivity contribution in [1.82, 2.24) is 5.32 Å². The third-order valence-electron chi connectivity index (χ3n) is 1.69. The molecule has 0 aromatic rings. The molecule has 0 aliphatic carbocycles. The number of hydrogen-bond acceptors (Lipinski definition) is 2. The van der Waals surface area contributed by atoms with Crippen LogP contribution in [0.5, 0.6) is 0 Å². The monoisotopic (exact) mass is 134 g/mol. The lowest BCUT2D eigenvalue weighted by Crippen LogP contribution is -2.07. The van der Waals surface area contributed by atoms with Crippen LogP contribution in [0, 0.1) is 29.6 Å². The van der Waals surface area contributed by atoms with Gasteiger partial charge in [0.05, 0.1) is 12.0 Å². The van der Waals surface area contributed by atoms with Gasteiger partial charge in [0.1, 0.15) is 0 Å². The predicted octanol–water partition coefficient (Wildman–Crippen LogP) is 0.511. The topological polar surface area (TPSA) is 45.7 Å². The lowest BCUT2D eigenvalue weighted by molar-refractivity contribution is 0.602. The number of nitrogens with one attached hydrogen (secondary N) is 1. The minimum atomic E-state index is 0.135. The normalized spacial score (nSPS) is 24.4. The van der Waals surface area contributed by atoms with Gasteiger partial charge in [0, 0.05) is 19.0 Å². The van der Waals surface area contributed by atoms with Gasteiger partial charge in [0.15, 0.2) is 0 Å². The van der Waals surface area contributed by atoms with Crippen LogP contribution in [0.3, 0.4) is 0 Å². The first-order valence-corrected chi connectivity index (χ1v) is 3.45. The average Bonchev–Trinajstić information content (AvgIpc) is 2.73. The summed E-state index contributed by atoms with van der Waals surface area (Å²) in [6.45, 7) is 0.989. The van der Waals surface area contributed by atoms with E-state index in [1.165, 1.54) is 0 Å². The first-order chi connectivity index (χ1) is 4.88. The summed E-state index contributed by atoms with van der Waals surface area (Å²) in [7, 11) is 0. The molecule has 0 aromatic heterocycles. The zero-order valence-corrected chi connectivity index (χ0v) is 5.80. The zero-order valence-electron chi connectivity index (χ0n) is 5.80. The van der Waals surface area contributed by atoms with E-state index < -0.39 is 0 Å². The highest BCUT2D eigenvalue weighted by Gasteiger charge is 2.29. The highest BCUT2D eigenvalue weighted by molar-refractivity contribution is 5.02. The standard InChI is InChI=1S/C8H10N2/c1-2-3-4-7(5-9)8-6-10-8/h1,7-8,10H,3-4,6H2. The van der Waals surface area contributed by atoms with Crippen LogP contribution in [0.1, 0.15) is 12.8 Å². The van der Waals surface area contributed by atoms with E-state index in [-0.39, 0.29) is 5.92 Å². The van der Waals surface area contributed by atoms with Crippen LogP contribution in [0.15, 0.2) is 0 Å². The fraction of sp³-hybridized carbons (Fsp3) is 0.625. The summed E-state index contributed by atoms with van der Waals surface area (Å²) < 4.78 is 0. The van der Waals surface area contributed by atoms with Crippen molar-refractivity contribution in [3.05, 3.63) is 0 Å². The van der Waals surface area contributed by atoms with E-state index in [1.807, 2.05) is 0 Å². The summed E-state index contributed by atoms with van der Waals surface area (Å²) in [4.78, 5) is 0. The molecule has 2 atom stereocenters. The summed E-state index contributed by atoms with van der Waals surface area (Å²) in [5.41, 5.74) is 0. The zero-order chi connectivity index (χ0) is 7.40. The Morgan fingerprint density at radius 3 is 2.90 bits per heavy atom. The SMILES string of the molecule is C#CCCC(C#N)C1CN1. The van der Waals surface area contributed by atoms with Crippen LogP contribution in [0.2, 0.25) is 0 Å². The van der Waals surface area contributed by atoms with Gasteiger partial charge < -0.3 is 5.32 Å². The third kappa shape index (κ3) is 1.76. The molecule has 2 nitrogen and oxygen atoms in total. The molecule has 2 unspecified atom stereocenters. The number of terminal acetylenes is 1. The van der Waals surface area contributed by atoms with Crippen LogP contribution in [0.4, 0.5) is 0 Å². The maximum Gasteiger partial charge on any atom is 0.0673 e. The molecular weight excluding hydrogens is 124 g/mol. The van der Waals surface area contributed by atoms with Crippen LogP contribution in [-0.2, 0) is 0 Å². The Kier molecular flexibility index (Phi) is 2.31. The van der Waals surface area contributed by atoms with Gasteiger partial charge >= 0.3 is 0 Å². The molecule has 1 aliphatic heterocycles. The molecule has 1 rings (SSSR count). The van der Waals surface area contributed by atoms with Crippen molar-refractivity contribution in [2.45, 2.75) is 18.9 Å². The Bertz CT molecular complexity index is 180. The molecule has 0 spiro atoms. The van der Waals surface area contributed by atoms with Crippen LogP contribution in [-0.4, -0.2) is 12.6 Å². The van der Waals surface area contributed by atoms with Crippen molar-refractivity contribution in [2.75, 3.05) is 6.54 Å². The van der Waals surface area contributed by atoms with Gasteiger partial charge in [-0.3, -0.25) is 0 Å². The molecule has 1 saturated heterocycles. The predicted molar refractivity (Wildman–Crippen MR) is 39.0 cm³/mol. The van der Waals surface area contributed by atoms with Crippen molar-refractivity contribution in [3.63, 3.8) is 0 Å². The molecule has 0 amide bonds. The molecule has 52 valence electrons.